The third-order valence-electron chi connectivity index (χ3n) is 4.79. The number of pyridine rings is 1. The molecular weight excluding hydrogens is 451 g/mol. The van der Waals surface area contributed by atoms with Crippen LogP contribution < -0.4 is 15.4 Å². The summed E-state index contributed by atoms with van der Waals surface area (Å²) < 4.78 is 40.1. The van der Waals surface area contributed by atoms with E-state index in [-0.39, 0.29) is 24.6 Å². The first-order valence-corrected chi connectivity index (χ1v) is 12.0. The number of aromatic nitrogens is 3. The molecule has 2 unspecified atom stereocenters. The summed E-state index contributed by atoms with van der Waals surface area (Å²) in [6.07, 6.45) is 8.35. The Hall–Kier alpha value is -3.32. The van der Waals surface area contributed by atoms with Crippen molar-refractivity contribution >= 4 is 28.6 Å². The fourth-order valence-corrected chi connectivity index (χ4v) is 4.45. The van der Waals surface area contributed by atoms with Gasteiger partial charge in [-0.25, -0.2) is 32.5 Å². The number of sulfonamides is 1. The monoisotopic (exact) mass is 476 g/mol. The van der Waals surface area contributed by atoms with Gasteiger partial charge in [-0.3, -0.25) is 14.8 Å². The van der Waals surface area contributed by atoms with Crippen molar-refractivity contribution in [2.75, 3.05) is 25.4 Å². The van der Waals surface area contributed by atoms with Gasteiger partial charge in [0, 0.05) is 50.1 Å². The molecular formula is C20H25FN8O3S. The number of carbonyl (C=O) groups is 1. The lowest BCUT2D eigenvalue weighted by Crippen LogP contribution is -2.42. The van der Waals surface area contributed by atoms with E-state index in [9.17, 15) is 17.6 Å². The van der Waals surface area contributed by atoms with Gasteiger partial charge in [0.25, 0.3) is 0 Å². The van der Waals surface area contributed by atoms with Gasteiger partial charge < -0.3 is 10.6 Å². The van der Waals surface area contributed by atoms with E-state index in [2.05, 4.69) is 40.3 Å². The lowest BCUT2D eigenvalue weighted by molar-refractivity contribution is -0.110. The Morgan fingerprint density at radius 2 is 1.94 bits per heavy atom. The summed E-state index contributed by atoms with van der Waals surface area (Å²) >= 11 is 0. The largest absolute Gasteiger partial charge is 0.355 e. The van der Waals surface area contributed by atoms with Crippen LogP contribution in [0.2, 0.25) is 0 Å². The van der Waals surface area contributed by atoms with Gasteiger partial charge in [-0.2, -0.15) is 0 Å². The summed E-state index contributed by atoms with van der Waals surface area (Å²) in [6.45, 7) is 0.961. The minimum absolute atomic E-state index is 0.0830. The van der Waals surface area contributed by atoms with Crippen LogP contribution in [-0.4, -0.2) is 73.4 Å². The third kappa shape index (κ3) is 8.27. The fraction of sp³-hybridized carbons (Fsp3) is 0.400. The number of rotatable bonds is 12. The van der Waals surface area contributed by atoms with Gasteiger partial charge in [-0.1, -0.05) is 0 Å². The first-order valence-electron chi connectivity index (χ1n) is 10.3. The number of halogens is 1. The SMILES string of the molecule is O=CNC(CCc1ncc(F)cn1)CS(=O)(=O)NCCNC1=NCC(c2ccncc2)C=N1. The van der Waals surface area contributed by atoms with Gasteiger partial charge in [-0.05, 0) is 24.1 Å². The van der Waals surface area contributed by atoms with E-state index in [1.54, 1.807) is 18.6 Å². The lowest BCUT2D eigenvalue weighted by Gasteiger charge is -2.17. The molecule has 11 nitrogen and oxygen atoms in total. The first-order chi connectivity index (χ1) is 15.9. The van der Waals surface area contributed by atoms with Crippen molar-refractivity contribution in [2.24, 2.45) is 9.98 Å². The molecule has 1 aliphatic heterocycles. The number of hydrogen-bond acceptors (Lipinski definition) is 9. The highest BCUT2D eigenvalue weighted by atomic mass is 32.2. The Kier molecular flexibility index (Phi) is 8.89. The van der Waals surface area contributed by atoms with Crippen molar-refractivity contribution in [3.05, 3.63) is 54.1 Å². The van der Waals surface area contributed by atoms with Crippen LogP contribution in [0.5, 0.6) is 0 Å². The summed E-state index contributed by atoms with van der Waals surface area (Å²) in [7, 11) is -3.66. The maximum absolute atomic E-state index is 12.9. The van der Waals surface area contributed by atoms with Gasteiger partial charge in [0.1, 0.15) is 5.82 Å². The predicted molar refractivity (Wildman–Crippen MR) is 121 cm³/mol. The molecule has 1 amide bonds. The maximum atomic E-state index is 12.9. The van der Waals surface area contributed by atoms with Crippen molar-refractivity contribution in [3.8, 4) is 0 Å². The van der Waals surface area contributed by atoms with Gasteiger partial charge in [-0.15, -0.1) is 0 Å². The van der Waals surface area contributed by atoms with Crippen LogP contribution in [0.4, 0.5) is 4.39 Å². The maximum Gasteiger partial charge on any atom is 0.217 e. The van der Waals surface area contributed by atoms with Crippen molar-refractivity contribution in [1.29, 1.82) is 0 Å². The molecule has 2 aromatic heterocycles. The second kappa shape index (κ2) is 12.1. The van der Waals surface area contributed by atoms with E-state index in [1.165, 1.54) is 0 Å². The molecule has 0 fully saturated rings. The molecule has 176 valence electrons. The molecule has 13 heteroatoms. The fourth-order valence-electron chi connectivity index (χ4n) is 3.12. The number of carbonyl (C=O) groups excluding carboxylic acids is 1. The average Bonchev–Trinajstić information content (AvgIpc) is 2.82. The standard InChI is InChI=1S/C20H25FN8O3S/c21-17-11-24-19(25-12-17)2-1-18(28-14-30)13-33(31,32)29-8-7-23-20-26-9-16(10-27-20)15-3-5-22-6-4-15/h3-6,9,11-12,14,16,18,29H,1-2,7-8,10,13H2,(H,23,27)(H,28,30). The molecule has 3 heterocycles. The van der Waals surface area contributed by atoms with Crippen LogP contribution in [0, 0.1) is 5.82 Å². The van der Waals surface area contributed by atoms with E-state index >= 15 is 0 Å². The van der Waals surface area contributed by atoms with Crippen LogP contribution >= 0.6 is 0 Å². The Morgan fingerprint density at radius 1 is 1.18 bits per heavy atom. The van der Waals surface area contributed by atoms with Crippen molar-refractivity contribution in [1.82, 2.24) is 30.3 Å². The highest BCUT2D eigenvalue weighted by Gasteiger charge is 2.19. The molecule has 1 aliphatic rings. The molecule has 0 bridgehead atoms. The molecule has 0 aromatic carbocycles. The van der Waals surface area contributed by atoms with Crippen LogP contribution in [-0.2, 0) is 21.2 Å². The summed E-state index contributed by atoms with van der Waals surface area (Å²) in [5.41, 5.74) is 1.08. The first kappa shape index (κ1) is 24.3. The second-order valence-corrected chi connectivity index (χ2v) is 9.12. The third-order valence-corrected chi connectivity index (χ3v) is 6.28. The van der Waals surface area contributed by atoms with Crippen LogP contribution in [0.1, 0.15) is 23.7 Å². The van der Waals surface area contributed by atoms with Gasteiger partial charge >= 0.3 is 0 Å². The number of amides is 1. The molecule has 0 saturated heterocycles. The molecule has 33 heavy (non-hydrogen) atoms. The Bertz CT molecular complexity index is 1060. The summed E-state index contributed by atoms with van der Waals surface area (Å²) in [5, 5.41) is 5.48. The molecule has 2 atom stereocenters. The number of hydrogen-bond donors (Lipinski definition) is 3. The quantitative estimate of drug-likeness (QED) is 0.283. The van der Waals surface area contributed by atoms with Crippen molar-refractivity contribution in [3.63, 3.8) is 0 Å². The molecule has 3 N–H and O–H groups in total. The Morgan fingerprint density at radius 3 is 2.61 bits per heavy atom. The van der Waals surface area contributed by atoms with E-state index < -0.39 is 21.9 Å². The normalized spacial score (nSPS) is 16.6. The second-order valence-electron chi connectivity index (χ2n) is 7.27. The smallest absolute Gasteiger partial charge is 0.217 e. The van der Waals surface area contributed by atoms with E-state index in [1.807, 2.05) is 12.1 Å². The zero-order chi connectivity index (χ0) is 23.5. The molecule has 0 radical (unpaired) electrons. The van der Waals surface area contributed by atoms with Crippen molar-refractivity contribution < 1.29 is 17.6 Å². The zero-order valence-electron chi connectivity index (χ0n) is 17.8. The number of nitrogens with one attached hydrogen (secondary N) is 3. The topological polar surface area (TPSA) is 151 Å². The Labute approximate surface area is 191 Å². The average molecular weight is 477 g/mol. The Balaban J connectivity index is 1.39. The zero-order valence-corrected chi connectivity index (χ0v) is 18.6. The predicted octanol–water partition coefficient (Wildman–Crippen LogP) is -0.209. The summed E-state index contributed by atoms with van der Waals surface area (Å²) in [4.78, 5) is 31.2. The van der Waals surface area contributed by atoms with Gasteiger partial charge in [0.15, 0.2) is 5.82 Å². The van der Waals surface area contributed by atoms with Gasteiger partial charge in [0.2, 0.25) is 22.4 Å². The molecule has 2 aromatic rings. The van der Waals surface area contributed by atoms with Crippen LogP contribution in [0.3, 0.4) is 0 Å². The molecule has 0 saturated carbocycles. The summed E-state index contributed by atoms with van der Waals surface area (Å²) in [5.74, 6) is 0.0299. The van der Waals surface area contributed by atoms with Crippen molar-refractivity contribution in [2.45, 2.75) is 24.8 Å². The minimum Gasteiger partial charge on any atom is -0.355 e. The molecule has 3 rings (SSSR count). The highest BCUT2D eigenvalue weighted by molar-refractivity contribution is 7.89. The van der Waals surface area contributed by atoms with Crippen LogP contribution in [0.25, 0.3) is 0 Å². The number of aliphatic imine (C=N–C) groups is 2. The van der Waals surface area contributed by atoms with Crippen LogP contribution in [0.15, 0.2) is 46.9 Å². The highest BCUT2D eigenvalue weighted by Crippen LogP contribution is 2.15. The van der Waals surface area contributed by atoms with E-state index in [0.29, 0.717) is 37.7 Å². The number of guanidine groups is 1. The number of nitrogens with zero attached hydrogens (tertiary/aromatic N) is 5. The molecule has 0 spiro atoms. The van der Waals surface area contributed by atoms with Gasteiger partial charge in [0.05, 0.1) is 24.7 Å². The van der Waals surface area contributed by atoms with E-state index in [4.69, 9.17) is 0 Å². The molecule has 0 aliphatic carbocycles. The minimum atomic E-state index is -3.66. The lowest BCUT2D eigenvalue weighted by atomic mass is 10.0. The van der Waals surface area contributed by atoms with E-state index in [0.717, 1.165) is 18.0 Å². The summed E-state index contributed by atoms with van der Waals surface area (Å²) in [6, 6.07) is 3.19. The number of aryl methyl sites for hydroxylation is 1.